The summed E-state index contributed by atoms with van der Waals surface area (Å²) in [5.74, 6) is -2.95. The van der Waals surface area contributed by atoms with Crippen LogP contribution in [0.15, 0.2) is 48.5 Å². The lowest BCUT2D eigenvalue weighted by Crippen LogP contribution is -2.22. The maximum Gasteiger partial charge on any atom is 0.310 e. The molecule has 0 saturated heterocycles. The molecule has 0 aliphatic rings. The Morgan fingerprint density at radius 2 is 1.72 bits per heavy atom. The van der Waals surface area contributed by atoms with Crippen LogP contribution in [0.5, 0.6) is 0 Å². The molecule has 2 aromatic carbocycles. The van der Waals surface area contributed by atoms with E-state index >= 15 is 0 Å². The maximum atomic E-state index is 13.2. The number of nitrogens with one attached hydrogen (secondary N) is 1. The molecule has 1 N–H and O–H groups in total. The fraction of sp³-hybridized carbons (Fsp3) is 0.190. The van der Waals surface area contributed by atoms with Crippen molar-refractivity contribution in [1.82, 2.24) is 9.78 Å². The van der Waals surface area contributed by atoms with Crippen LogP contribution in [0.1, 0.15) is 17.0 Å². The molecule has 0 saturated carbocycles. The monoisotopic (exact) mass is 399 g/mol. The van der Waals surface area contributed by atoms with Crippen molar-refractivity contribution >= 4 is 17.6 Å². The number of amides is 1. The third-order valence-corrected chi connectivity index (χ3v) is 4.27. The summed E-state index contributed by atoms with van der Waals surface area (Å²) >= 11 is 0. The van der Waals surface area contributed by atoms with Crippen LogP contribution >= 0.6 is 0 Å². The first kappa shape index (κ1) is 20.2. The van der Waals surface area contributed by atoms with Gasteiger partial charge in [0, 0.05) is 23.0 Å². The second kappa shape index (κ2) is 8.64. The summed E-state index contributed by atoms with van der Waals surface area (Å²) in [6, 6.07) is 12.1. The van der Waals surface area contributed by atoms with Gasteiger partial charge in [-0.1, -0.05) is 18.2 Å². The van der Waals surface area contributed by atoms with E-state index in [1.54, 1.807) is 11.6 Å². The van der Waals surface area contributed by atoms with Gasteiger partial charge in [0.1, 0.15) is 11.6 Å². The van der Waals surface area contributed by atoms with Crippen molar-refractivity contribution in [1.29, 1.82) is 0 Å². The predicted molar refractivity (Wildman–Crippen MR) is 103 cm³/mol. The van der Waals surface area contributed by atoms with Gasteiger partial charge in [0.05, 0.1) is 17.8 Å². The van der Waals surface area contributed by atoms with Crippen molar-refractivity contribution in [3.8, 4) is 5.69 Å². The Bertz CT molecular complexity index is 1030. The van der Waals surface area contributed by atoms with Gasteiger partial charge in [0.25, 0.3) is 5.91 Å². The molecule has 3 rings (SSSR count). The average molecular weight is 399 g/mol. The maximum absolute atomic E-state index is 13.2. The van der Waals surface area contributed by atoms with Gasteiger partial charge in [0.15, 0.2) is 6.61 Å². The third kappa shape index (κ3) is 5.04. The molecule has 0 fully saturated rings. The van der Waals surface area contributed by atoms with E-state index in [2.05, 4.69) is 10.4 Å². The standard InChI is InChI=1S/C21H19F2N3O3/c1-13-19(14(2)26(25-13)18-6-4-3-5-7-18)11-21(28)29-12-20(27)24-17-9-15(22)8-16(23)10-17/h3-10H,11-12H2,1-2H3,(H,24,27). The highest BCUT2D eigenvalue weighted by Crippen LogP contribution is 2.19. The van der Waals surface area contributed by atoms with E-state index in [9.17, 15) is 18.4 Å². The number of anilines is 1. The largest absolute Gasteiger partial charge is 0.455 e. The van der Waals surface area contributed by atoms with E-state index in [1.165, 1.54) is 0 Å². The van der Waals surface area contributed by atoms with Crippen molar-refractivity contribution in [2.75, 3.05) is 11.9 Å². The Labute approximate surface area is 166 Å². The summed E-state index contributed by atoms with van der Waals surface area (Å²) in [5.41, 5.74) is 3.01. The van der Waals surface area contributed by atoms with Gasteiger partial charge in [-0.2, -0.15) is 5.10 Å². The van der Waals surface area contributed by atoms with Crippen LogP contribution in [-0.2, 0) is 20.7 Å². The minimum absolute atomic E-state index is 0.0492. The molecule has 0 atom stereocenters. The summed E-state index contributed by atoms with van der Waals surface area (Å²) in [6.07, 6.45) is -0.0492. The Kier molecular flexibility index (Phi) is 6.01. The third-order valence-electron chi connectivity index (χ3n) is 4.27. The zero-order chi connectivity index (χ0) is 21.0. The van der Waals surface area contributed by atoms with Gasteiger partial charge in [0.2, 0.25) is 0 Å². The van der Waals surface area contributed by atoms with E-state index < -0.39 is 30.1 Å². The number of nitrogens with zero attached hydrogens (tertiary/aromatic N) is 2. The molecule has 0 radical (unpaired) electrons. The molecule has 6 nitrogen and oxygen atoms in total. The average Bonchev–Trinajstić information content (AvgIpc) is 2.94. The molecule has 3 aromatic rings. The number of rotatable bonds is 6. The SMILES string of the molecule is Cc1nn(-c2ccccc2)c(C)c1CC(=O)OCC(=O)Nc1cc(F)cc(F)c1. The lowest BCUT2D eigenvalue weighted by Gasteiger charge is -2.08. The topological polar surface area (TPSA) is 73.2 Å². The lowest BCUT2D eigenvalue weighted by atomic mass is 10.1. The number of hydrogen-bond acceptors (Lipinski definition) is 4. The molecular weight excluding hydrogens is 380 g/mol. The van der Waals surface area contributed by atoms with Crippen molar-refractivity contribution < 1.29 is 23.1 Å². The van der Waals surface area contributed by atoms with Gasteiger partial charge in [-0.3, -0.25) is 9.59 Å². The number of aryl methyl sites for hydroxylation is 1. The first-order valence-corrected chi connectivity index (χ1v) is 8.85. The zero-order valence-electron chi connectivity index (χ0n) is 15.9. The zero-order valence-corrected chi connectivity index (χ0v) is 15.9. The molecule has 0 spiro atoms. The summed E-state index contributed by atoms with van der Waals surface area (Å²) in [5, 5.41) is 6.74. The van der Waals surface area contributed by atoms with Gasteiger partial charge in [-0.25, -0.2) is 13.5 Å². The Balaban J connectivity index is 1.60. The lowest BCUT2D eigenvalue weighted by molar-refractivity contribution is -0.146. The van der Waals surface area contributed by atoms with E-state index in [-0.39, 0.29) is 12.1 Å². The molecule has 0 bridgehead atoms. The molecule has 150 valence electrons. The molecule has 1 amide bonds. The van der Waals surface area contributed by atoms with Crippen LogP contribution in [0.25, 0.3) is 5.69 Å². The first-order chi connectivity index (χ1) is 13.8. The smallest absolute Gasteiger partial charge is 0.310 e. The number of carbonyl (C=O) groups is 2. The second-order valence-electron chi connectivity index (χ2n) is 6.44. The fourth-order valence-electron chi connectivity index (χ4n) is 2.92. The molecule has 0 aliphatic carbocycles. The summed E-state index contributed by atoms with van der Waals surface area (Å²) in [6.45, 7) is 3.07. The number of benzene rings is 2. The van der Waals surface area contributed by atoms with E-state index in [1.807, 2.05) is 37.3 Å². The van der Waals surface area contributed by atoms with Crippen LogP contribution in [-0.4, -0.2) is 28.3 Å². The Morgan fingerprint density at radius 1 is 1.07 bits per heavy atom. The Morgan fingerprint density at radius 3 is 2.38 bits per heavy atom. The van der Waals surface area contributed by atoms with Crippen molar-refractivity contribution in [2.45, 2.75) is 20.3 Å². The van der Waals surface area contributed by atoms with Gasteiger partial charge < -0.3 is 10.1 Å². The molecule has 1 heterocycles. The highest BCUT2D eigenvalue weighted by Gasteiger charge is 2.17. The van der Waals surface area contributed by atoms with Crippen LogP contribution in [0.2, 0.25) is 0 Å². The van der Waals surface area contributed by atoms with E-state index in [0.29, 0.717) is 17.3 Å². The molecule has 29 heavy (non-hydrogen) atoms. The van der Waals surface area contributed by atoms with Gasteiger partial charge in [-0.15, -0.1) is 0 Å². The number of esters is 1. The number of para-hydroxylation sites is 1. The Hall–Kier alpha value is -3.55. The van der Waals surface area contributed by atoms with Crippen molar-refractivity contribution in [2.24, 2.45) is 0 Å². The fourth-order valence-corrected chi connectivity index (χ4v) is 2.92. The normalized spacial score (nSPS) is 10.6. The highest BCUT2D eigenvalue weighted by molar-refractivity contribution is 5.92. The summed E-state index contributed by atoms with van der Waals surface area (Å²) in [4.78, 5) is 24.0. The molecule has 1 aromatic heterocycles. The van der Waals surface area contributed by atoms with E-state index in [4.69, 9.17) is 4.74 Å². The van der Waals surface area contributed by atoms with Crippen LogP contribution < -0.4 is 5.32 Å². The molecule has 8 heteroatoms. The van der Waals surface area contributed by atoms with Crippen molar-refractivity contribution in [3.63, 3.8) is 0 Å². The predicted octanol–water partition coefficient (Wildman–Crippen LogP) is 3.49. The quantitative estimate of drug-likeness (QED) is 0.644. The van der Waals surface area contributed by atoms with Crippen LogP contribution in [0.3, 0.4) is 0 Å². The number of ether oxygens (including phenoxy) is 1. The van der Waals surface area contributed by atoms with Crippen LogP contribution in [0.4, 0.5) is 14.5 Å². The number of halogens is 2. The minimum Gasteiger partial charge on any atom is -0.455 e. The highest BCUT2D eigenvalue weighted by atomic mass is 19.1. The minimum atomic E-state index is -0.821. The van der Waals surface area contributed by atoms with E-state index in [0.717, 1.165) is 23.5 Å². The number of hydrogen-bond donors (Lipinski definition) is 1. The number of aromatic nitrogens is 2. The van der Waals surface area contributed by atoms with Gasteiger partial charge >= 0.3 is 5.97 Å². The molecule has 0 aliphatic heterocycles. The molecule has 0 unspecified atom stereocenters. The number of carbonyl (C=O) groups excluding carboxylic acids is 2. The summed E-state index contributed by atoms with van der Waals surface area (Å²) < 4.78 is 33.0. The summed E-state index contributed by atoms with van der Waals surface area (Å²) in [7, 11) is 0. The van der Waals surface area contributed by atoms with Crippen LogP contribution in [0, 0.1) is 25.5 Å². The molecular formula is C21H19F2N3O3. The first-order valence-electron chi connectivity index (χ1n) is 8.85. The second-order valence-corrected chi connectivity index (χ2v) is 6.44. The van der Waals surface area contributed by atoms with Gasteiger partial charge in [-0.05, 0) is 38.1 Å². The van der Waals surface area contributed by atoms with Crippen molar-refractivity contribution in [3.05, 3.63) is 77.1 Å².